The van der Waals surface area contributed by atoms with Crippen molar-refractivity contribution in [2.24, 2.45) is 12.5 Å². The summed E-state index contributed by atoms with van der Waals surface area (Å²) in [7, 11) is 1.83. The van der Waals surface area contributed by atoms with Crippen LogP contribution in [-0.2, 0) is 11.8 Å². The van der Waals surface area contributed by atoms with Gasteiger partial charge in [0.15, 0.2) is 0 Å². The Morgan fingerprint density at radius 2 is 2.50 bits per heavy atom. The first-order valence-corrected chi connectivity index (χ1v) is 5.61. The standard InChI is InChI=1S/C11H18N4O/c1-11(4-3-5-12-8-11)10(16)14-9-6-13-15(2)7-9/h6-7,12H,3-5,8H2,1-2H3,(H,14,16). The molecule has 5 nitrogen and oxygen atoms in total. The third-order valence-electron chi connectivity index (χ3n) is 3.11. The number of rotatable bonds is 2. The minimum atomic E-state index is -0.298. The second kappa shape index (κ2) is 4.25. The van der Waals surface area contributed by atoms with Crippen LogP contribution < -0.4 is 10.6 Å². The van der Waals surface area contributed by atoms with E-state index in [1.165, 1.54) is 0 Å². The van der Waals surface area contributed by atoms with Crippen molar-refractivity contribution in [1.29, 1.82) is 0 Å². The highest BCUT2D eigenvalue weighted by molar-refractivity contribution is 5.95. The van der Waals surface area contributed by atoms with Crippen molar-refractivity contribution in [3.63, 3.8) is 0 Å². The van der Waals surface area contributed by atoms with E-state index < -0.39 is 0 Å². The summed E-state index contributed by atoms with van der Waals surface area (Å²) in [5.41, 5.74) is 0.466. The van der Waals surface area contributed by atoms with Crippen LogP contribution in [0.15, 0.2) is 12.4 Å². The third-order valence-corrected chi connectivity index (χ3v) is 3.11. The maximum Gasteiger partial charge on any atom is 0.231 e. The second-order valence-corrected chi connectivity index (χ2v) is 4.70. The number of hydrogen-bond acceptors (Lipinski definition) is 3. The number of aryl methyl sites for hydroxylation is 1. The molecular formula is C11H18N4O. The molecule has 1 aromatic rings. The van der Waals surface area contributed by atoms with Crippen molar-refractivity contribution in [3.05, 3.63) is 12.4 Å². The van der Waals surface area contributed by atoms with Crippen LogP contribution in [0.2, 0.25) is 0 Å². The van der Waals surface area contributed by atoms with Crippen LogP contribution in [0.1, 0.15) is 19.8 Å². The molecule has 1 aliphatic heterocycles. The lowest BCUT2D eigenvalue weighted by molar-refractivity contribution is -0.125. The van der Waals surface area contributed by atoms with Gasteiger partial charge in [-0.15, -0.1) is 0 Å². The number of hydrogen-bond donors (Lipinski definition) is 2. The quantitative estimate of drug-likeness (QED) is 0.776. The van der Waals surface area contributed by atoms with Gasteiger partial charge in [-0.25, -0.2) is 0 Å². The lowest BCUT2D eigenvalue weighted by Crippen LogP contribution is -2.45. The molecule has 5 heteroatoms. The minimum absolute atomic E-state index is 0.0766. The Labute approximate surface area is 95.2 Å². The van der Waals surface area contributed by atoms with E-state index >= 15 is 0 Å². The van der Waals surface area contributed by atoms with Gasteiger partial charge in [-0.2, -0.15) is 5.10 Å². The van der Waals surface area contributed by atoms with E-state index in [0.717, 1.165) is 31.6 Å². The molecule has 0 bridgehead atoms. The van der Waals surface area contributed by atoms with Gasteiger partial charge >= 0.3 is 0 Å². The number of piperidine rings is 1. The van der Waals surface area contributed by atoms with Gasteiger partial charge < -0.3 is 10.6 Å². The van der Waals surface area contributed by atoms with Crippen molar-refractivity contribution < 1.29 is 4.79 Å². The number of carbonyl (C=O) groups is 1. The molecular weight excluding hydrogens is 204 g/mol. The van der Waals surface area contributed by atoms with Gasteiger partial charge in [-0.3, -0.25) is 9.48 Å². The summed E-state index contributed by atoms with van der Waals surface area (Å²) < 4.78 is 1.68. The smallest absolute Gasteiger partial charge is 0.231 e. The number of aromatic nitrogens is 2. The molecule has 16 heavy (non-hydrogen) atoms. The molecule has 1 fully saturated rings. The molecule has 0 saturated carbocycles. The van der Waals surface area contributed by atoms with Gasteiger partial charge in [0, 0.05) is 19.8 Å². The van der Waals surface area contributed by atoms with E-state index in [1.807, 2.05) is 14.0 Å². The van der Waals surface area contributed by atoms with E-state index in [9.17, 15) is 4.79 Å². The van der Waals surface area contributed by atoms with Gasteiger partial charge in [0.2, 0.25) is 5.91 Å². The van der Waals surface area contributed by atoms with Crippen molar-refractivity contribution >= 4 is 11.6 Å². The highest BCUT2D eigenvalue weighted by Gasteiger charge is 2.34. The first kappa shape index (κ1) is 11.1. The molecule has 0 aromatic carbocycles. The first-order valence-electron chi connectivity index (χ1n) is 5.61. The molecule has 1 atom stereocenters. The lowest BCUT2D eigenvalue weighted by atomic mass is 9.82. The molecule has 0 radical (unpaired) electrons. The van der Waals surface area contributed by atoms with Crippen molar-refractivity contribution in [2.45, 2.75) is 19.8 Å². The molecule has 0 aliphatic carbocycles. The Morgan fingerprint density at radius 1 is 1.69 bits per heavy atom. The van der Waals surface area contributed by atoms with Crippen LogP contribution in [0.5, 0.6) is 0 Å². The normalized spacial score (nSPS) is 25.4. The average Bonchev–Trinajstić information content (AvgIpc) is 2.65. The van der Waals surface area contributed by atoms with Crippen molar-refractivity contribution in [1.82, 2.24) is 15.1 Å². The van der Waals surface area contributed by atoms with E-state index in [1.54, 1.807) is 17.1 Å². The summed E-state index contributed by atoms with van der Waals surface area (Å²) >= 11 is 0. The summed E-state index contributed by atoms with van der Waals surface area (Å²) in [4.78, 5) is 12.1. The highest BCUT2D eigenvalue weighted by Crippen LogP contribution is 2.26. The molecule has 88 valence electrons. The third kappa shape index (κ3) is 2.24. The van der Waals surface area contributed by atoms with Crippen molar-refractivity contribution in [3.8, 4) is 0 Å². The van der Waals surface area contributed by atoms with Gasteiger partial charge in [0.05, 0.1) is 17.3 Å². The van der Waals surface area contributed by atoms with E-state index in [-0.39, 0.29) is 11.3 Å². The Kier molecular flexibility index (Phi) is 2.96. The number of amides is 1. The number of nitrogens with zero attached hydrogens (tertiary/aromatic N) is 2. The maximum atomic E-state index is 12.1. The fourth-order valence-electron chi connectivity index (χ4n) is 2.02. The van der Waals surface area contributed by atoms with Crippen LogP contribution in [0.4, 0.5) is 5.69 Å². The molecule has 2 rings (SSSR count). The molecule has 2 N–H and O–H groups in total. The monoisotopic (exact) mass is 222 g/mol. The topological polar surface area (TPSA) is 59.0 Å². The maximum absolute atomic E-state index is 12.1. The second-order valence-electron chi connectivity index (χ2n) is 4.70. The largest absolute Gasteiger partial charge is 0.323 e. The summed E-state index contributed by atoms with van der Waals surface area (Å²) in [6, 6.07) is 0. The molecule has 1 saturated heterocycles. The van der Waals surface area contributed by atoms with Gasteiger partial charge in [-0.1, -0.05) is 0 Å². The molecule has 1 aromatic heterocycles. The zero-order valence-corrected chi connectivity index (χ0v) is 9.79. The Hall–Kier alpha value is -1.36. The van der Waals surface area contributed by atoms with E-state index in [0.29, 0.717) is 0 Å². The number of carbonyl (C=O) groups excluding carboxylic acids is 1. The van der Waals surface area contributed by atoms with E-state index in [4.69, 9.17) is 0 Å². The lowest BCUT2D eigenvalue weighted by Gasteiger charge is -2.32. The number of nitrogens with one attached hydrogen (secondary N) is 2. The minimum Gasteiger partial charge on any atom is -0.323 e. The van der Waals surface area contributed by atoms with Gasteiger partial charge in [0.1, 0.15) is 0 Å². The van der Waals surface area contributed by atoms with Crippen molar-refractivity contribution in [2.75, 3.05) is 18.4 Å². The Bertz CT molecular complexity index is 379. The Balaban J connectivity index is 2.01. The predicted molar refractivity (Wildman–Crippen MR) is 62.0 cm³/mol. The van der Waals surface area contributed by atoms with Gasteiger partial charge in [-0.05, 0) is 26.3 Å². The average molecular weight is 222 g/mol. The van der Waals surface area contributed by atoms with E-state index in [2.05, 4.69) is 15.7 Å². The SMILES string of the molecule is Cn1cc(NC(=O)C2(C)CCCNC2)cn1. The van der Waals surface area contributed by atoms with Crippen LogP contribution in [0, 0.1) is 5.41 Å². The molecule has 0 spiro atoms. The molecule has 2 heterocycles. The van der Waals surface area contributed by atoms with Gasteiger partial charge in [0.25, 0.3) is 0 Å². The molecule has 1 amide bonds. The molecule has 1 unspecified atom stereocenters. The fraction of sp³-hybridized carbons (Fsp3) is 0.636. The van der Waals surface area contributed by atoms with Crippen LogP contribution in [0.3, 0.4) is 0 Å². The first-order chi connectivity index (χ1) is 7.60. The van der Waals surface area contributed by atoms with Crippen LogP contribution >= 0.6 is 0 Å². The zero-order chi connectivity index (χ0) is 11.6. The number of anilines is 1. The summed E-state index contributed by atoms with van der Waals surface area (Å²) in [5, 5.41) is 10.2. The Morgan fingerprint density at radius 3 is 3.06 bits per heavy atom. The predicted octanol–water partition coefficient (Wildman–Crippen LogP) is 0.748. The highest BCUT2D eigenvalue weighted by atomic mass is 16.2. The molecule has 1 aliphatic rings. The summed E-state index contributed by atoms with van der Waals surface area (Å²) in [6.45, 7) is 3.76. The summed E-state index contributed by atoms with van der Waals surface area (Å²) in [6.07, 6.45) is 5.46. The summed E-state index contributed by atoms with van der Waals surface area (Å²) in [5.74, 6) is 0.0766. The fourth-order valence-corrected chi connectivity index (χ4v) is 2.02. The van der Waals surface area contributed by atoms with Crippen LogP contribution in [-0.4, -0.2) is 28.8 Å². The van der Waals surface area contributed by atoms with Crippen LogP contribution in [0.25, 0.3) is 0 Å². The zero-order valence-electron chi connectivity index (χ0n) is 9.79.